The Labute approximate surface area is 621 Å². The maximum atomic E-state index is 7.31. The summed E-state index contributed by atoms with van der Waals surface area (Å²) < 4.78 is 0. The third-order valence-electron chi connectivity index (χ3n) is 18.8. The molecule has 0 amide bonds. The molecule has 100 heavy (non-hydrogen) atoms. The molecule has 6 aliphatic heterocycles. The highest BCUT2D eigenvalue weighted by Gasteiger charge is 2.36. The van der Waals surface area contributed by atoms with Crippen LogP contribution in [-0.4, -0.2) is 168 Å². The summed E-state index contributed by atoms with van der Waals surface area (Å²) in [7, 11) is 0. The Balaban J connectivity index is -0.000000335. The molecule has 0 bridgehead atoms. The maximum absolute atomic E-state index is 7.31. The van der Waals surface area contributed by atoms with Crippen molar-refractivity contribution >= 4 is 29.8 Å². The fourth-order valence-corrected chi connectivity index (χ4v) is 10.8. The van der Waals surface area contributed by atoms with Crippen LogP contribution in [0.3, 0.4) is 0 Å². The van der Waals surface area contributed by atoms with Crippen LogP contribution in [0.15, 0.2) is 15.0 Å². The summed E-state index contributed by atoms with van der Waals surface area (Å²) in [6.07, 6.45) is 12.1. The zero-order valence-electron chi connectivity index (χ0n) is 71.1. The number of hydrogen-bond donors (Lipinski definition) is 15. The van der Waals surface area contributed by atoms with E-state index >= 15 is 0 Å². The second-order valence-electron chi connectivity index (χ2n) is 39.8. The number of guanidine groups is 5. The number of piperidine rings is 2. The molecule has 0 aromatic carbocycles. The van der Waals surface area contributed by atoms with E-state index in [-0.39, 0.29) is 42.6 Å². The summed E-state index contributed by atoms with van der Waals surface area (Å²) in [5.41, 5.74) is 51.1. The molecule has 0 aromatic heterocycles. The van der Waals surface area contributed by atoms with Gasteiger partial charge < -0.3 is 82.7 Å². The van der Waals surface area contributed by atoms with Gasteiger partial charge in [-0.2, -0.15) is 0 Å². The first-order valence-corrected chi connectivity index (χ1v) is 38.2. The van der Waals surface area contributed by atoms with E-state index in [2.05, 4.69) is 249 Å². The van der Waals surface area contributed by atoms with E-state index in [0.29, 0.717) is 61.3 Å². The highest BCUT2D eigenvalue weighted by molar-refractivity contribution is 5.76. The second-order valence-corrected chi connectivity index (χ2v) is 39.8. The molecule has 0 radical (unpaired) electrons. The van der Waals surface area contributed by atoms with Crippen molar-refractivity contribution < 1.29 is 0 Å². The van der Waals surface area contributed by atoms with Crippen molar-refractivity contribution in [3.05, 3.63) is 0 Å². The number of piperazine rings is 1. The van der Waals surface area contributed by atoms with E-state index in [4.69, 9.17) is 62.4 Å². The number of hydrogen-bond acceptors (Lipinski definition) is 11. The van der Waals surface area contributed by atoms with Crippen molar-refractivity contribution in [3.8, 4) is 0 Å². The van der Waals surface area contributed by atoms with E-state index in [9.17, 15) is 0 Å². The molecule has 0 aliphatic carbocycles. The number of rotatable bonds is 8. The van der Waals surface area contributed by atoms with Crippen LogP contribution in [0.2, 0.25) is 0 Å². The van der Waals surface area contributed by atoms with Gasteiger partial charge in [-0.1, -0.05) is 194 Å². The summed E-state index contributed by atoms with van der Waals surface area (Å²) in [5.74, 6) is 5.23. The summed E-state index contributed by atoms with van der Waals surface area (Å²) >= 11 is 0. The smallest absolute Gasteiger partial charge is 0.188 e. The van der Waals surface area contributed by atoms with Crippen molar-refractivity contribution in [2.24, 2.45) is 145 Å². The van der Waals surface area contributed by atoms with Gasteiger partial charge in [0.05, 0.1) is 0 Å². The van der Waals surface area contributed by atoms with Gasteiger partial charge in [-0.15, -0.1) is 0 Å². The lowest BCUT2D eigenvalue weighted by Gasteiger charge is -2.46. The number of nitrogens with one attached hydrogen (secondary N) is 6. The van der Waals surface area contributed by atoms with Gasteiger partial charge in [0.25, 0.3) is 0 Å². The predicted octanol–water partition coefficient (Wildman–Crippen LogP) is 12.6. The second kappa shape index (κ2) is 49.8. The van der Waals surface area contributed by atoms with Crippen LogP contribution in [-0.2, 0) is 0 Å². The average Bonchev–Trinajstić information content (AvgIpc) is 0.952. The van der Waals surface area contributed by atoms with E-state index in [1.54, 1.807) is 0 Å². The molecule has 6 aliphatic rings. The zero-order chi connectivity index (χ0) is 78.3. The van der Waals surface area contributed by atoms with Gasteiger partial charge in [-0.05, 0) is 209 Å². The molecule has 6 rings (SSSR count). The Hall–Kier alpha value is -3.89. The largest absolute Gasteiger partial charge is 0.370 e. The maximum Gasteiger partial charge on any atom is 0.188 e. The van der Waals surface area contributed by atoms with Crippen LogP contribution in [0.4, 0.5) is 0 Å². The van der Waals surface area contributed by atoms with E-state index in [1.807, 2.05) is 9.80 Å². The number of nitrogens with zero attached hydrogens (tertiary/aromatic N) is 6. The molecule has 6 saturated heterocycles. The monoisotopic (exact) mass is 1420 g/mol. The van der Waals surface area contributed by atoms with E-state index < -0.39 is 0 Å². The molecule has 21 heteroatoms. The molecule has 24 N–H and O–H groups in total. The van der Waals surface area contributed by atoms with Gasteiger partial charge in [0.2, 0.25) is 0 Å². The highest BCUT2D eigenvalue weighted by atomic mass is 15.3. The first kappa shape index (κ1) is 105. The minimum absolute atomic E-state index is 0. The van der Waals surface area contributed by atoms with E-state index in [0.717, 1.165) is 108 Å². The molecule has 6 heterocycles. The Morgan fingerprint density at radius 3 is 0.940 bits per heavy atom. The van der Waals surface area contributed by atoms with Crippen molar-refractivity contribution in [2.75, 3.05) is 118 Å². The standard InChI is InChI=1S/C10H21N3.C9H19N.C8H17N3.C8H19N3.C8H18N2.C8H17N.C7H17N3.C7H15N.C7H17N.C6H15N3.CH4/c1-10(2,3)8-4-6-13(7-5-8)9(11)12;1-9(2,3)8-4-6-10-7-5-8;1-8(2,3)6-4-11(5-6)7(9)10;1-8(2,3)5-4-6-11-7(9)10;1-8(2,3)10-6-4-9-5-7-10;1-8(2,3)7-4-5-9-6-7;1-7(2,3)4-5-10-6(8)9;1-7(2,3)6-4-8-5-6;1-7(2,3)5-4-6-8;1-6(2,3)4-9-5(7)8;/h8H,4-7H2,1-3H3,(H3,11,12);8,10H,4-7H2,1-3H3;6H,4-5H2,1-3H3,(H3,9,10);4-6H2,1-3H3,(H4,9,10,11);9H,4-7H2,1-3H3;7,9H,4-6H2,1-3H3;4-5H2,1-3H3,(H4,8,9,10);6,8H,4-5H2,1-3H3;4-6,8H2,1-3H3;4H2,1-3H3,(H4,7,8,9);1H4. The van der Waals surface area contributed by atoms with Crippen LogP contribution in [0.1, 0.15) is 279 Å². The minimum atomic E-state index is 0. The molecule has 0 spiro atoms. The third kappa shape index (κ3) is 63.8. The van der Waals surface area contributed by atoms with Crippen LogP contribution < -0.4 is 72.9 Å². The first-order valence-electron chi connectivity index (χ1n) is 38.2. The van der Waals surface area contributed by atoms with Crippen LogP contribution >= 0.6 is 0 Å². The van der Waals surface area contributed by atoms with Crippen molar-refractivity contribution in [3.63, 3.8) is 0 Å². The Morgan fingerprint density at radius 1 is 0.360 bits per heavy atom. The van der Waals surface area contributed by atoms with Gasteiger partial charge in [-0.25, -0.2) is 0 Å². The first-order chi connectivity index (χ1) is 44.6. The van der Waals surface area contributed by atoms with Crippen molar-refractivity contribution in [1.82, 2.24) is 36.0 Å². The van der Waals surface area contributed by atoms with Crippen molar-refractivity contribution in [1.29, 1.82) is 10.8 Å². The molecule has 600 valence electrons. The van der Waals surface area contributed by atoms with Crippen molar-refractivity contribution in [2.45, 2.75) is 285 Å². The van der Waals surface area contributed by atoms with Gasteiger partial charge in [-0.3, -0.25) is 30.7 Å². The lowest BCUT2D eigenvalue weighted by molar-refractivity contribution is 0.0772. The van der Waals surface area contributed by atoms with Gasteiger partial charge >= 0.3 is 0 Å². The normalized spacial score (nSPS) is 18.2. The molecule has 6 fully saturated rings. The quantitative estimate of drug-likeness (QED) is 0.0610. The van der Waals surface area contributed by atoms with Crippen LogP contribution in [0.25, 0.3) is 0 Å². The van der Waals surface area contributed by atoms with Crippen LogP contribution in [0, 0.1) is 89.1 Å². The lowest BCUT2D eigenvalue weighted by Crippen LogP contribution is -2.56. The fraction of sp³-hybridized carbons (Fsp3) is 0.937. The zero-order valence-corrected chi connectivity index (χ0v) is 71.1. The third-order valence-corrected chi connectivity index (χ3v) is 18.8. The summed E-state index contributed by atoms with van der Waals surface area (Å²) in [6, 6.07) is 0. The molecular formula is C79H179N21. The number of aliphatic imine (C=N–C) groups is 3. The molecule has 21 nitrogen and oxygen atoms in total. The minimum Gasteiger partial charge on any atom is -0.370 e. The van der Waals surface area contributed by atoms with Crippen LogP contribution in [0.5, 0.6) is 0 Å². The highest BCUT2D eigenvalue weighted by Crippen LogP contribution is 2.36. The average molecular weight is 1420 g/mol. The molecule has 0 aromatic rings. The fourth-order valence-electron chi connectivity index (χ4n) is 10.8. The molecular weight excluding hydrogens is 1240 g/mol. The Morgan fingerprint density at radius 2 is 0.700 bits per heavy atom. The Kier molecular flexibility index (Phi) is 52.1. The lowest BCUT2D eigenvalue weighted by atomic mass is 9.75. The van der Waals surface area contributed by atoms with Gasteiger partial charge in [0.15, 0.2) is 29.8 Å². The van der Waals surface area contributed by atoms with Gasteiger partial charge in [0, 0.05) is 77.5 Å². The van der Waals surface area contributed by atoms with E-state index in [1.165, 1.54) is 90.9 Å². The molecule has 1 atom stereocenters. The topological polar surface area (TPSA) is 377 Å². The summed E-state index contributed by atoms with van der Waals surface area (Å²) in [6.45, 7) is 86.3. The predicted molar refractivity (Wildman–Crippen MR) is 446 cm³/mol. The summed E-state index contributed by atoms with van der Waals surface area (Å²) in [4.78, 5) is 18.0. The number of likely N-dealkylation sites (tertiary alicyclic amines) is 2. The number of nitrogens with two attached hydrogens (primary N) is 9. The SMILES string of the molecule is C.CC(C)(C)C1CCN(C(=N)N)CC1.CC(C)(C)C1CCNC1.CC(C)(C)C1CCNCC1.CC(C)(C)C1CN(C(=N)N)C1.CC(C)(C)C1CNC1.CC(C)(C)CCCN.CC(C)(C)CCCN=C(N)N.CC(C)(C)CCN=C(N)N.CC(C)(C)CN=C(N)N.CC(C)(C)N1CCNCC1. The summed E-state index contributed by atoms with van der Waals surface area (Å²) in [5, 5.41) is 27.8. The van der Waals surface area contributed by atoms with Gasteiger partial charge in [0.1, 0.15) is 0 Å². The molecule has 0 saturated carbocycles. The Bertz CT molecular complexity index is 2080. The molecule has 1 unspecified atom stereocenters.